The van der Waals surface area contributed by atoms with Gasteiger partial charge in [-0.15, -0.1) is 0 Å². The monoisotopic (exact) mass is 297 g/mol. The van der Waals surface area contributed by atoms with Gasteiger partial charge in [-0.05, 0) is 24.3 Å². The van der Waals surface area contributed by atoms with E-state index in [-0.39, 0.29) is 22.7 Å². The van der Waals surface area contributed by atoms with Gasteiger partial charge < -0.3 is 9.84 Å². The third kappa shape index (κ3) is 3.13. The number of carbonyl (C=O) groups is 1. The summed E-state index contributed by atoms with van der Waals surface area (Å²) in [6, 6.07) is 7.19. The molecule has 1 aromatic heterocycles. The predicted octanol–water partition coefficient (Wildman–Crippen LogP) is 3.47. The van der Waals surface area contributed by atoms with Crippen molar-refractivity contribution in [3.8, 4) is 17.1 Å². The minimum absolute atomic E-state index is 0.155. The van der Waals surface area contributed by atoms with Crippen molar-refractivity contribution in [3.05, 3.63) is 47.5 Å². The van der Waals surface area contributed by atoms with E-state index in [1.165, 1.54) is 31.4 Å². The van der Waals surface area contributed by atoms with Crippen LogP contribution in [0.25, 0.3) is 11.3 Å². The van der Waals surface area contributed by atoms with E-state index in [0.29, 0.717) is 0 Å². The zero-order valence-corrected chi connectivity index (χ0v) is 10.8. The van der Waals surface area contributed by atoms with Crippen LogP contribution in [0, 0.1) is 0 Å². The smallest absolute Gasteiger partial charge is 0.416 e. The molecule has 0 fully saturated rings. The van der Waals surface area contributed by atoms with E-state index in [2.05, 4.69) is 4.98 Å². The minimum atomic E-state index is -4.46. The molecule has 0 saturated carbocycles. The summed E-state index contributed by atoms with van der Waals surface area (Å²) in [7, 11) is 1.24. The molecule has 7 heteroatoms. The number of aromatic carboxylic acids is 1. The number of methoxy groups -OCH3 is 1. The zero-order chi connectivity index (χ0) is 15.6. The van der Waals surface area contributed by atoms with Crippen molar-refractivity contribution in [2.24, 2.45) is 0 Å². The Balaban J connectivity index is 2.50. The number of alkyl halides is 3. The van der Waals surface area contributed by atoms with E-state index in [0.717, 1.165) is 12.1 Å². The number of aromatic nitrogens is 1. The molecule has 110 valence electrons. The first kappa shape index (κ1) is 14.8. The Kier molecular flexibility index (Phi) is 3.84. The van der Waals surface area contributed by atoms with Crippen molar-refractivity contribution in [1.82, 2.24) is 4.98 Å². The third-order valence-corrected chi connectivity index (χ3v) is 2.77. The molecule has 0 saturated heterocycles. The normalized spacial score (nSPS) is 11.2. The molecule has 0 aliphatic rings. The van der Waals surface area contributed by atoms with Gasteiger partial charge in [-0.2, -0.15) is 13.2 Å². The van der Waals surface area contributed by atoms with Gasteiger partial charge in [-0.25, -0.2) is 9.78 Å². The lowest BCUT2D eigenvalue weighted by Crippen LogP contribution is -2.05. The van der Waals surface area contributed by atoms with Crippen LogP contribution in [0.1, 0.15) is 15.9 Å². The summed E-state index contributed by atoms with van der Waals surface area (Å²) >= 11 is 0. The van der Waals surface area contributed by atoms with E-state index in [1.807, 2.05) is 0 Å². The molecule has 0 radical (unpaired) electrons. The number of hydrogen-bond donors (Lipinski definition) is 1. The average Bonchev–Trinajstić information content (AvgIpc) is 2.45. The van der Waals surface area contributed by atoms with Gasteiger partial charge in [0.05, 0.1) is 18.4 Å². The van der Waals surface area contributed by atoms with Crippen LogP contribution in [-0.2, 0) is 6.18 Å². The maximum atomic E-state index is 12.7. The Hall–Kier alpha value is -2.57. The maximum Gasteiger partial charge on any atom is 0.416 e. The van der Waals surface area contributed by atoms with Crippen LogP contribution in [0.2, 0.25) is 0 Å². The van der Waals surface area contributed by atoms with Crippen LogP contribution in [-0.4, -0.2) is 23.2 Å². The summed E-state index contributed by atoms with van der Waals surface area (Å²) in [6.07, 6.45) is -4.46. The molecule has 0 aliphatic carbocycles. The van der Waals surface area contributed by atoms with Crippen LogP contribution in [0.3, 0.4) is 0 Å². The van der Waals surface area contributed by atoms with Gasteiger partial charge in [0.1, 0.15) is 5.56 Å². The summed E-state index contributed by atoms with van der Waals surface area (Å²) in [5.41, 5.74) is -0.542. The van der Waals surface area contributed by atoms with Crippen molar-refractivity contribution in [2.75, 3.05) is 7.11 Å². The maximum absolute atomic E-state index is 12.7. The molecular formula is C14H10F3NO3. The first-order valence-electron chi connectivity index (χ1n) is 5.79. The second-order valence-electron chi connectivity index (χ2n) is 4.14. The number of carboxylic acids is 1. The van der Waals surface area contributed by atoms with Crippen LogP contribution < -0.4 is 4.74 Å². The van der Waals surface area contributed by atoms with Gasteiger partial charge in [0.15, 0.2) is 0 Å². The van der Waals surface area contributed by atoms with E-state index < -0.39 is 17.7 Å². The largest absolute Gasteiger partial charge is 0.480 e. The van der Waals surface area contributed by atoms with Gasteiger partial charge in [0, 0.05) is 5.56 Å². The van der Waals surface area contributed by atoms with Crippen molar-refractivity contribution in [3.63, 3.8) is 0 Å². The highest BCUT2D eigenvalue weighted by Crippen LogP contribution is 2.32. The number of halogens is 3. The van der Waals surface area contributed by atoms with Gasteiger partial charge >= 0.3 is 12.1 Å². The number of carboxylic acid groups (broad SMARTS) is 1. The molecule has 0 unspecified atom stereocenters. The standard InChI is InChI=1S/C14H10F3NO3/c1-21-12-10(13(19)20)5-6-11(18-12)8-3-2-4-9(7-8)14(15,16)17/h2-7H,1H3,(H,19,20). The number of nitrogens with zero attached hydrogens (tertiary/aromatic N) is 1. The molecule has 0 aliphatic heterocycles. The number of hydrogen-bond acceptors (Lipinski definition) is 3. The number of rotatable bonds is 3. The van der Waals surface area contributed by atoms with E-state index >= 15 is 0 Å². The summed E-state index contributed by atoms with van der Waals surface area (Å²) in [5, 5.41) is 8.94. The van der Waals surface area contributed by atoms with Crippen LogP contribution in [0.5, 0.6) is 5.88 Å². The van der Waals surface area contributed by atoms with E-state index in [4.69, 9.17) is 9.84 Å². The average molecular weight is 297 g/mol. The van der Waals surface area contributed by atoms with Crippen LogP contribution >= 0.6 is 0 Å². The topological polar surface area (TPSA) is 59.4 Å². The molecule has 0 bridgehead atoms. The lowest BCUT2D eigenvalue weighted by atomic mass is 10.1. The second kappa shape index (κ2) is 5.43. The molecule has 21 heavy (non-hydrogen) atoms. The Bertz CT molecular complexity index is 683. The molecular weight excluding hydrogens is 287 g/mol. The molecule has 2 aromatic rings. The first-order valence-corrected chi connectivity index (χ1v) is 5.79. The molecule has 0 spiro atoms. The fourth-order valence-corrected chi connectivity index (χ4v) is 1.77. The zero-order valence-electron chi connectivity index (χ0n) is 10.8. The number of pyridine rings is 1. The molecule has 0 atom stereocenters. The highest BCUT2D eigenvalue weighted by Gasteiger charge is 2.30. The van der Waals surface area contributed by atoms with Crippen molar-refractivity contribution in [1.29, 1.82) is 0 Å². The molecule has 2 rings (SSSR count). The minimum Gasteiger partial charge on any atom is -0.480 e. The van der Waals surface area contributed by atoms with Crippen molar-refractivity contribution < 1.29 is 27.8 Å². The van der Waals surface area contributed by atoms with Crippen LogP contribution in [0.4, 0.5) is 13.2 Å². The van der Waals surface area contributed by atoms with Gasteiger partial charge in [0.2, 0.25) is 5.88 Å². The SMILES string of the molecule is COc1nc(-c2cccc(C(F)(F)F)c2)ccc1C(=O)O. The third-order valence-electron chi connectivity index (χ3n) is 2.77. The van der Waals surface area contributed by atoms with Crippen molar-refractivity contribution in [2.45, 2.75) is 6.18 Å². The molecule has 1 aromatic carbocycles. The first-order chi connectivity index (χ1) is 9.82. The molecule has 1 heterocycles. The molecule has 4 nitrogen and oxygen atoms in total. The molecule has 0 amide bonds. The Morgan fingerprint density at radius 1 is 1.24 bits per heavy atom. The van der Waals surface area contributed by atoms with Gasteiger partial charge in [0.25, 0.3) is 0 Å². The highest BCUT2D eigenvalue weighted by atomic mass is 19.4. The lowest BCUT2D eigenvalue weighted by Gasteiger charge is -2.10. The Labute approximate surface area is 117 Å². The summed E-state index contributed by atoms with van der Waals surface area (Å²) in [6.45, 7) is 0. The lowest BCUT2D eigenvalue weighted by molar-refractivity contribution is -0.137. The van der Waals surface area contributed by atoms with E-state index in [1.54, 1.807) is 0 Å². The quantitative estimate of drug-likeness (QED) is 0.942. The summed E-state index contributed by atoms with van der Waals surface area (Å²) in [4.78, 5) is 14.9. The van der Waals surface area contributed by atoms with Crippen molar-refractivity contribution >= 4 is 5.97 Å². The summed E-state index contributed by atoms with van der Waals surface area (Å²) < 4.78 is 42.9. The molecule has 1 N–H and O–H groups in total. The van der Waals surface area contributed by atoms with Crippen LogP contribution in [0.15, 0.2) is 36.4 Å². The summed E-state index contributed by atoms with van der Waals surface area (Å²) in [5.74, 6) is -1.38. The van der Waals surface area contributed by atoms with E-state index in [9.17, 15) is 18.0 Å². The Morgan fingerprint density at radius 3 is 2.52 bits per heavy atom. The second-order valence-corrected chi connectivity index (χ2v) is 4.14. The fraction of sp³-hybridized carbons (Fsp3) is 0.143. The van der Waals surface area contributed by atoms with Gasteiger partial charge in [-0.1, -0.05) is 12.1 Å². The fourth-order valence-electron chi connectivity index (χ4n) is 1.77. The highest BCUT2D eigenvalue weighted by molar-refractivity contribution is 5.90. The Morgan fingerprint density at radius 2 is 1.95 bits per heavy atom. The number of ether oxygens (including phenoxy) is 1. The number of benzene rings is 1. The predicted molar refractivity (Wildman–Crippen MR) is 68.2 cm³/mol. The van der Waals surface area contributed by atoms with Gasteiger partial charge in [-0.3, -0.25) is 0 Å².